The quantitative estimate of drug-likeness (QED) is 0.789. The van der Waals surface area contributed by atoms with Crippen LogP contribution in [0.1, 0.15) is 32.6 Å². The molecule has 0 radical (unpaired) electrons. The zero-order valence-corrected chi connectivity index (χ0v) is 9.93. The van der Waals surface area contributed by atoms with Gasteiger partial charge in [-0.3, -0.25) is 9.59 Å². The highest BCUT2D eigenvalue weighted by Gasteiger charge is 2.24. The van der Waals surface area contributed by atoms with E-state index < -0.39 is 11.9 Å². The van der Waals surface area contributed by atoms with E-state index in [4.69, 9.17) is 0 Å². The molecule has 1 saturated carbocycles. The van der Waals surface area contributed by atoms with E-state index in [-0.39, 0.29) is 11.9 Å². The highest BCUT2D eigenvalue weighted by atomic mass is 16.2. The van der Waals surface area contributed by atoms with Crippen molar-refractivity contribution in [3.8, 4) is 0 Å². The van der Waals surface area contributed by atoms with Gasteiger partial charge in [-0.15, -0.1) is 5.11 Å². The van der Waals surface area contributed by atoms with Gasteiger partial charge < -0.3 is 5.32 Å². The second-order valence-electron chi connectivity index (χ2n) is 4.82. The molecule has 0 bridgehead atoms. The summed E-state index contributed by atoms with van der Waals surface area (Å²) in [5, 5.41) is 10.0. The Morgan fingerprint density at radius 1 is 1.35 bits per heavy atom. The molecule has 2 amide bonds. The van der Waals surface area contributed by atoms with Crippen molar-refractivity contribution in [3.05, 3.63) is 12.2 Å². The fraction of sp³-hybridized carbons (Fsp3) is 0.667. The van der Waals surface area contributed by atoms with E-state index in [2.05, 4.69) is 22.5 Å². The Kier molecular flexibility index (Phi) is 3.66. The fourth-order valence-electron chi connectivity index (χ4n) is 2.20. The van der Waals surface area contributed by atoms with Gasteiger partial charge in [-0.05, 0) is 37.7 Å². The fourth-order valence-corrected chi connectivity index (χ4v) is 2.20. The normalized spacial score (nSPS) is 32.5. The minimum Gasteiger partial charge on any atom is -0.351 e. The first-order chi connectivity index (χ1) is 8.15. The van der Waals surface area contributed by atoms with Crippen LogP contribution in [-0.2, 0) is 9.59 Å². The van der Waals surface area contributed by atoms with Crippen molar-refractivity contribution in [2.24, 2.45) is 16.1 Å². The van der Waals surface area contributed by atoms with Crippen LogP contribution in [0.25, 0.3) is 0 Å². The van der Waals surface area contributed by atoms with E-state index in [1.165, 1.54) is 12.2 Å². The molecule has 2 rings (SSSR count). The van der Waals surface area contributed by atoms with Gasteiger partial charge in [0.2, 0.25) is 0 Å². The lowest BCUT2D eigenvalue weighted by Crippen LogP contribution is -2.42. The van der Waals surface area contributed by atoms with Crippen LogP contribution in [-0.4, -0.2) is 23.9 Å². The molecule has 5 heteroatoms. The first-order valence-corrected chi connectivity index (χ1v) is 6.08. The second-order valence-corrected chi connectivity index (χ2v) is 4.82. The highest BCUT2D eigenvalue weighted by molar-refractivity contribution is 5.92. The van der Waals surface area contributed by atoms with Crippen molar-refractivity contribution >= 4 is 11.8 Å². The Hall–Kier alpha value is -1.52. The second kappa shape index (κ2) is 5.21. The largest absolute Gasteiger partial charge is 0.351 e. The van der Waals surface area contributed by atoms with Crippen LogP contribution in [0.3, 0.4) is 0 Å². The predicted molar refractivity (Wildman–Crippen MR) is 62.4 cm³/mol. The summed E-state index contributed by atoms with van der Waals surface area (Å²) in [6, 6.07) is -0.382. The summed E-state index contributed by atoms with van der Waals surface area (Å²) in [4.78, 5) is 22.6. The van der Waals surface area contributed by atoms with Gasteiger partial charge in [-0.25, -0.2) is 0 Å². The molecule has 1 heterocycles. The van der Waals surface area contributed by atoms with Gasteiger partial charge in [-0.2, -0.15) is 5.11 Å². The Balaban J connectivity index is 1.83. The number of nitrogens with zero attached hydrogens (tertiary/aromatic N) is 2. The van der Waals surface area contributed by atoms with Crippen LogP contribution in [0.15, 0.2) is 22.4 Å². The molecule has 1 unspecified atom stereocenters. The molecule has 17 heavy (non-hydrogen) atoms. The lowest BCUT2D eigenvalue weighted by molar-refractivity contribution is -0.122. The minimum absolute atomic E-state index is 0.156. The summed E-state index contributed by atoms with van der Waals surface area (Å²) in [5.41, 5.74) is 0. The molecule has 0 aromatic carbocycles. The van der Waals surface area contributed by atoms with Gasteiger partial charge in [0, 0.05) is 12.1 Å². The van der Waals surface area contributed by atoms with Gasteiger partial charge in [0.25, 0.3) is 11.8 Å². The maximum atomic E-state index is 11.8. The average molecular weight is 235 g/mol. The standard InChI is InChI=1S/C12H17N3O2/c1-8-2-4-9(5-3-8)13-12(17)10-6-7-11(16)15-14-10/h6-10H,2-5H2,1H3,(H,13,17). The molecule has 1 atom stereocenters. The van der Waals surface area contributed by atoms with E-state index in [0.717, 1.165) is 31.6 Å². The summed E-state index contributed by atoms with van der Waals surface area (Å²) >= 11 is 0. The molecule has 1 fully saturated rings. The smallest absolute Gasteiger partial charge is 0.287 e. The molecule has 1 aliphatic carbocycles. The summed E-state index contributed by atoms with van der Waals surface area (Å²) in [5.74, 6) is 0.202. The Labute approximate surface area is 100 Å². The van der Waals surface area contributed by atoms with E-state index in [9.17, 15) is 9.59 Å². The summed E-state index contributed by atoms with van der Waals surface area (Å²) in [6.07, 6.45) is 7.16. The zero-order valence-electron chi connectivity index (χ0n) is 9.93. The lowest BCUT2D eigenvalue weighted by Gasteiger charge is -2.27. The van der Waals surface area contributed by atoms with Gasteiger partial charge >= 0.3 is 0 Å². The van der Waals surface area contributed by atoms with Crippen LogP contribution >= 0.6 is 0 Å². The third-order valence-electron chi connectivity index (χ3n) is 3.33. The van der Waals surface area contributed by atoms with Crippen molar-refractivity contribution in [1.82, 2.24) is 5.32 Å². The average Bonchev–Trinajstić information content (AvgIpc) is 2.33. The Bertz CT molecular complexity index is 352. The van der Waals surface area contributed by atoms with Crippen molar-refractivity contribution < 1.29 is 9.59 Å². The van der Waals surface area contributed by atoms with Gasteiger partial charge in [0.1, 0.15) is 0 Å². The van der Waals surface area contributed by atoms with Crippen LogP contribution in [0, 0.1) is 5.92 Å². The number of nitrogens with one attached hydrogen (secondary N) is 1. The van der Waals surface area contributed by atoms with E-state index in [1.54, 1.807) is 0 Å². The van der Waals surface area contributed by atoms with Crippen molar-refractivity contribution in [2.45, 2.75) is 44.7 Å². The molecular weight excluding hydrogens is 218 g/mol. The SMILES string of the molecule is CC1CCC(NC(=O)C2C=CC(=O)N=N2)CC1. The monoisotopic (exact) mass is 235 g/mol. The Morgan fingerprint density at radius 2 is 2.06 bits per heavy atom. The summed E-state index contributed by atoms with van der Waals surface area (Å²) in [7, 11) is 0. The summed E-state index contributed by atoms with van der Waals surface area (Å²) < 4.78 is 0. The molecule has 0 aromatic rings. The van der Waals surface area contributed by atoms with E-state index in [1.807, 2.05) is 0 Å². The molecule has 1 aliphatic heterocycles. The van der Waals surface area contributed by atoms with Crippen molar-refractivity contribution in [1.29, 1.82) is 0 Å². The minimum atomic E-state index is -0.632. The van der Waals surface area contributed by atoms with Crippen LogP contribution in [0.4, 0.5) is 0 Å². The molecule has 2 aliphatic rings. The summed E-state index contributed by atoms with van der Waals surface area (Å²) in [6.45, 7) is 2.24. The van der Waals surface area contributed by atoms with Crippen LogP contribution < -0.4 is 5.32 Å². The lowest BCUT2D eigenvalue weighted by atomic mass is 9.87. The van der Waals surface area contributed by atoms with E-state index in [0.29, 0.717) is 0 Å². The van der Waals surface area contributed by atoms with Crippen molar-refractivity contribution in [3.63, 3.8) is 0 Å². The van der Waals surface area contributed by atoms with Crippen molar-refractivity contribution in [2.75, 3.05) is 0 Å². The molecule has 0 saturated heterocycles. The van der Waals surface area contributed by atoms with Gasteiger partial charge in [0.05, 0.1) is 0 Å². The first-order valence-electron chi connectivity index (χ1n) is 6.08. The number of azo groups is 1. The van der Waals surface area contributed by atoms with Gasteiger partial charge in [0.15, 0.2) is 6.04 Å². The number of rotatable bonds is 2. The maximum absolute atomic E-state index is 11.8. The number of amides is 2. The topological polar surface area (TPSA) is 70.9 Å². The first kappa shape index (κ1) is 12.0. The molecule has 0 aromatic heterocycles. The van der Waals surface area contributed by atoms with E-state index >= 15 is 0 Å². The maximum Gasteiger partial charge on any atom is 0.287 e. The van der Waals surface area contributed by atoms with Crippen LogP contribution in [0.5, 0.6) is 0 Å². The van der Waals surface area contributed by atoms with Crippen LogP contribution in [0.2, 0.25) is 0 Å². The highest BCUT2D eigenvalue weighted by Crippen LogP contribution is 2.23. The number of hydrogen-bond donors (Lipinski definition) is 1. The molecule has 0 spiro atoms. The molecular formula is C12H17N3O2. The molecule has 1 N–H and O–H groups in total. The third-order valence-corrected chi connectivity index (χ3v) is 3.33. The van der Waals surface area contributed by atoms with Gasteiger partial charge in [-0.1, -0.05) is 6.92 Å². The number of carbonyl (C=O) groups is 2. The Morgan fingerprint density at radius 3 is 2.65 bits per heavy atom. The number of carbonyl (C=O) groups excluding carboxylic acids is 2. The predicted octanol–water partition coefficient (Wildman–Crippen LogP) is 1.60. The molecule has 5 nitrogen and oxygen atoms in total. The molecule has 92 valence electrons. The number of hydrogen-bond acceptors (Lipinski definition) is 3. The zero-order chi connectivity index (χ0) is 12.3. The third kappa shape index (κ3) is 3.22.